The highest BCUT2D eigenvalue weighted by molar-refractivity contribution is 6.30. The molecule has 9 heteroatoms. The number of amides is 1. The number of ether oxygens (including phenoxy) is 1. The van der Waals surface area contributed by atoms with Crippen LogP contribution < -0.4 is 5.32 Å². The minimum atomic E-state index is -0.676. The Hall–Kier alpha value is -3.13. The van der Waals surface area contributed by atoms with Crippen molar-refractivity contribution in [2.75, 3.05) is 5.32 Å². The second-order valence-electron chi connectivity index (χ2n) is 9.27. The second-order valence-corrected chi connectivity index (χ2v) is 9.71. The van der Waals surface area contributed by atoms with Gasteiger partial charge < -0.3 is 10.1 Å². The predicted molar refractivity (Wildman–Crippen MR) is 126 cm³/mol. The summed E-state index contributed by atoms with van der Waals surface area (Å²) in [4.78, 5) is 26.0. The standard InChI is InChI=1S/C24H28ClN5O3/c1-5-19(16-13-26-29(14-16)18-8-6-7-17(25)11-18)22(31)27-21-12-20(15-9-10-15)28-30(21)23(32)33-24(2,3)4/h6-8,11-15,19H,5,9-10H2,1-4H3,(H,27,31). The number of rotatable bonds is 6. The highest BCUT2D eigenvalue weighted by Crippen LogP contribution is 2.40. The summed E-state index contributed by atoms with van der Waals surface area (Å²) in [5.74, 6) is -0.0569. The Bertz CT molecular complexity index is 1170. The molecule has 1 fully saturated rings. The van der Waals surface area contributed by atoms with E-state index in [1.54, 1.807) is 49.8 Å². The van der Waals surface area contributed by atoms with Crippen LogP contribution in [0, 0.1) is 0 Å². The highest BCUT2D eigenvalue weighted by Gasteiger charge is 2.31. The van der Waals surface area contributed by atoms with E-state index < -0.39 is 17.6 Å². The van der Waals surface area contributed by atoms with Crippen molar-refractivity contribution in [3.63, 3.8) is 0 Å². The molecule has 1 aliphatic carbocycles. The van der Waals surface area contributed by atoms with Crippen molar-refractivity contribution in [1.29, 1.82) is 0 Å². The van der Waals surface area contributed by atoms with Crippen molar-refractivity contribution < 1.29 is 14.3 Å². The number of halogens is 1. The summed E-state index contributed by atoms with van der Waals surface area (Å²) in [5.41, 5.74) is 1.69. The molecular weight excluding hydrogens is 442 g/mol. The van der Waals surface area contributed by atoms with Gasteiger partial charge in [0, 0.05) is 28.8 Å². The van der Waals surface area contributed by atoms with Gasteiger partial charge in [0.15, 0.2) is 0 Å². The lowest BCUT2D eigenvalue weighted by molar-refractivity contribution is -0.117. The molecule has 8 nitrogen and oxygen atoms in total. The van der Waals surface area contributed by atoms with Crippen LogP contribution in [0.2, 0.25) is 5.02 Å². The van der Waals surface area contributed by atoms with Crippen LogP contribution in [0.3, 0.4) is 0 Å². The van der Waals surface area contributed by atoms with E-state index in [1.165, 1.54) is 0 Å². The number of benzene rings is 1. The van der Waals surface area contributed by atoms with E-state index in [0.717, 1.165) is 34.5 Å². The summed E-state index contributed by atoms with van der Waals surface area (Å²) in [7, 11) is 0. The molecule has 3 aromatic rings. The van der Waals surface area contributed by atoms with E-state index in [0.29, 0.717) is 23.2 Å². The minimum absolute atomic E-state index is 0.241. The van der Waals surface area contributed by atoms with Gasteiger partial charge in [0.1, 0.15) is 11.4 Å². The van der Waals surface area contributed by atoms with Gasteiger partial charge in [-0.05, 0) is 58.2 Å². The van der Waals surface area contributed by atoms with Crippen molar-refractivity contribution in [3.8, 4) is 5.69 Å². The molecule has 0 radical (unpaired) electrons. The van der Waals surface area contributed by atoms with E-state index in [9.17, 15) is 9.59 Å². The van der Waals surface area contributed by atoms with Gasteiger partial charge >= 0.3 is 6.09 Å². The molecule has 1 atom stereocenters. The Morgan fingerprint density at radius 3 is 2.67 bits per heavy atom. The summed E-state index contributed by atoms with van der Waals surface area (Å²) in [6.45, 7) is 7.30. The Morgan fingerprint density at radius 1 is 1.27 bits per heavy atom. The Kier molecular flexibility index (Phi) is 6.30. The molecule has 0 aliphatic heterocycles. The molecule has 1 aromatic carbocycles. The van der Waals surface area contributed by atoms with Gasteiger partial charge in [0.05, 0.1) is 23.5 Å². The van der Waals surface area contributed by atoms with E-state index in [1.807, 2.05) is 25.3 Å². The van der Waals surface area contributed by atoms with Crippen molar-refractivity contribution in [2.45, 2.75) is 64.4 Å². The SMILES string of the molecule is CCC(C(=O)Nc1cc(C2CC2)nn1C(=O)OC(C)(C)C)c1cnn(-c2cccc(Cl)c2)c1. The van der Waals surface area contributed by atoms with Crippen LogP contribution in [-0.4, -0.2) is 37.2 Å². The smallest absolute Gasteiger partial charge is 0.437 e. The van der Waals surface area contributed by atoms with Crippen molar-refractivity contribution in [3.05, 3.63) is 59.0 Å². The van der Waals surface area contributed by atoms with E-state index >= 15 is 0 Å². The van der Waals surface area contributed by atoms with Crippen molar-refractivity contribution >= 4 is 29.4 Å². The van der Waals surface area contributed by atoms with Crippen LogP contribution in [0.25, 0.3) is 5.69 Å². The van der Waals surface area contributed by atoms with Crippen LogP contribution >= 0.6 is 11.6 Å². The molecule has 0 saturated heterocycles. The third-order valence-corrected chi connectivity index (χ3v) is 5.58. The maximum atomic E-state index is 13.2. The molecule has 2 aromatic heterocycles. The largest absolute Gasteiger partial charge is 0.442 e. The van der Waals surface area contributed by atoms with Crippen LogP contribution in [-0.2, 0) is 9.53 Å². The number of nitrogens with one attached hydrogen (secondary N) is 1. The number of anilines is 1. The summed E-state index contributed by atoms with van der Waals surface area (Å²) < 4.78 is 8.32. The summed E-state index contributed by atoms with van der Waals surface area (Å²) in [6.07, 6.45) is 5.49. The summed E-state index contributed by atoms with van der Waals surface area (Å²) in [5, 5.41) is 12.3. The van der Waals surface area contributed by atoms with Gasteiger partial charge in [-0.2, -0.15) is 10.2 Å². The van der Waals surface area contributed by atoms with Gasteiger partial charge in [-0.3, -0.25) is 4.79 Å². The zero-order chi connectivity index (χ0) is 23.8. The lowest BCUT2D eigenvalue weighted by atomic mass is 9.99. The first kappa shape index (κ1) is 23.0. The maximum Gasteiger partial charge on any atom is 0.437 e. The van der Waals surface area contributed by atoms with Gasteiger partial charge in [-0.1, -0.05) is 24.6 Å². The third-order valence-electron chi connectivity index (χ3n) is 5.34. The Labute approximate surface area is 197 Å². The first-order valence-electron chi connectivity index (χ1n) is 11.1. The molecular formula is C24H28ClN5O3. The zero-order valence-corrected chi connectivity index (χ0v) is 20.0. The lowest BCUT2D eigenvalue weighted by Gasteiger charge is -2.20. The van der Waals surface area contributed by atoms with Crippen molar-refractivity contribution in [2.24, 2.45) is 0 Å². The van der Waals surface area contributed by atoms with Crippen LogP contribution in [0.4, 0.5) is 10.6 Å². The third kappa shape index (κ3) is 5.45. The zero-order valence-electron chi connectivity index (χ0n) is 19.2. The van der Waals surface area contributed by atoms with Crippen LogP contribution in [0.15, 0.2) is 42.7 Å². The molecule has 0 spiro atoms. The van der Waals surface area contributed by atoms with Gasteiger partial charge in [-0.15, -0.1) is 4.68 Å². The van der Waals surface area contributed by atoms with Crippen LogP contribution in [0.1, 0.15) is 70.1 Å². The fourth-order valence-electron chi connectivity index (χ4n) is 3.57. The van der Waals surface area contributed by atoms with E-state index in [2.05, 4.69) is 15.5 Å². The second kappa shape index (κ2) is 9.02. The quantitative estimate of drug-likeness (QED) is 0.513. The molecule has 1 aliphatic rings. The Morgan fingerprint density at radius 2 is 2.03 bits per heavy atom. The number of carbonyl (C=O) groups is 2. The first-order chi connectivity index (χ1) is 15.6. The first-order valence-corrected chi connectivity index (χ1v) is 11.5. The fraction of sp³-hybridized carbons (Fsp3) is 0.417. The normalized spacial score (nSPS) is 14.7. The average molecular weight is 470 g/mol. The minimum Gasteiger partial charge on any atom is -0.442 e. The number of aromatic nitrogens is 4. The van der Waals surface area contributed by atoms with E-state index in [4.69, 9.17) is 16.3 Å². The molecule has 0 bridgehead atoms. The summed E-state index contributed by atoms with van der Waals surface area (Å²) in [6, 6.07) is 9.10. The van der Waals surface area contributed by atoms with E-state index in [-0.39, 0.29) is 5.91 Å². The average Bonchev–Trinajstić information content (AvgIpc) is 3.32. The summed E-state index contributed by atoms with van der Waals surface area (Å²) >= 11 is 6.09. The number of hydrogen-bond donors (Lipinski definition) is 1. The lowest BCUT2D eigenvalue weighted by Crippen LogP contribution is -2.30. The molecule has 174 valence electrons. The molecule has 1 N–H and O–H groups in total. The monoisotopic (exact) mass is 469 g/mol. The fourth-order valence-corrected chi connectivity index (χ4v) is 3.76. The molecule has 33 heavy (non-hydrogen) atoms. The number of carbonyl (C=O) groups excluding carboxylic acids is 2. The van der Waals surface area contributed by atoms with Crippen LogP contribution in [0.5, 0.6) is 0 Å². The highest BCUT2D eigenvalue weighted by atomic mass is 35.5. The molecule has 1 amide bonds. The predicted octanol–water partition coefficient (Wildman–Crippen LogP) is 5.52. The molecule has 2 heterocycles. The number of nitrogens with zero attached hydrogens (tertiary/aromatic N) is 4. The maximum absolute atomic E-state index is 13.2. The van der Waals surface area contributed by atoms with Gasteiger partial charge in [0.25, 0.3) is 0 Å². The molecule has 1 saturated carbocycles. The van der Waals surface area contributed by atoms with Crippen molar-refractivity contribution in [1.82, 2.24) is 19.6 Å². The van der Waals surface area contributed by atoms with Gasteiger partial charge in [0.2, 0.25) is 5.91 Å². The van der Waals surface area contributed by atoms with Gasteiger partial charge in [-0.25, -0.2) is 9.48 Å². The number of hydrogen-bond acceptors (Lipinski definition) is 5. The topological polar surface area (TPSA) is 91.0 Å². The Balaban J connectivity index is 1.56. The molecule has 4 rings (SSSR count). The molecule has 1 unspecified atom stereocenters.